The van der Waals surface area contributed by atoms with Gasteiger partial charge in [0, 0.05) is 17.0 Å². The van der Waals surface area contributed by atoms with Crippen LogP contribution in [0.25, 0.3) is 0 Å². The third kappa shape index (κ3) is 3.65. The van der Waals surface area contributed by atoms with Crippen molar-refractivity contribution in [3.8, 4) is 6.07 Å². The standard InChI is InChI=1S/C13H18N2OS/c1-13(2,7-8-16)15-11-5-4-6-12(17-3)10(11)9-14/h4-6,15-16H,7-8H2,1-3H3. The van der Waals surface area contributed by atoms with E-state index in [1.165, 1.54) is 0 Å². The fraction of sp³-hybridized carbons (Fsp3) is 0.462. The van der Waals surface area contributed by atoms with Gasteiger partial charge in [-0.1, -0.05) is 6.07 Å². The molecule has 0 aliphatic carbocycles. The molecule has 17 heavy (non-hydrogen) atoms. The SMILES string of the molecule is CSc1cccc(NC(C)(C)CCO)c1C#N. The lowest BCUT2D eigenvalue weighted by molar-refractivity contribution is 0.261. The Morgan fingerprint density at radius 3 is 2.71 bits per heavy atom. The van der Waals surface area contributed by atoms with Crippen LogP contribution in [0.4, 0.5) is 5.69 Å². The van der Waals surface area contributed by atoms with Gasteiger partial charge in [-0.3, -0.25) is 0 Å². The fourth-order valence-corrected chi connectivity index (χ4v) is 2.20. The molecule has 0 aliphatic heterocycles. The Hall–Kier alpha value is -1.18. The van der Waals surface area contributed by atoms with E-state index in [0.717, 1.165) is 10.6 Å². The third-order valence-corrected chi connectivity index (χ3v) is 3.35. The average Bonchev–Trinajstić information content (AvgIpc) is 2.27. The first-order valence-electron chi connectivity index (χ1n) is 5.50. The lowest BCUT2D eigenvalue weighted by Gasteiger charge is -2.27. The van der Waals surface area contributed by atoms with Gasteiger partial charge in [-0.15, -0.1) is 11.8 Å². The van der Waals surface area contributed by atoms with E-state index >= 15 is 0 Å². The highest BCUT2D eigenvalue weighted by Crippen LogP contribution is 2.28. The van der Waals surface area contributed by atoms with Crippen molar-refractivity contribution in [2.45, 2.75) is 30.7 Å². The molecule has 0 amide bonds. The van der Waals surface area contributed by atoms with Crippen LogP contribution in [-0.4, -0.2) is 23.5 Å². The molecule has 1 aromatic rings. The quantitative estimate of drug-likeness (QED) is 0.789. The molecule has 0 fully saturated rings. The lowest BCUT2D eigenvalue weighted by atomic mass is 10.00. The van der Waals surface area contributed by atoms with Gasteiger partial charge in [0.1, 0.15) is 6.07 Å². The monoisotopic (exact) mass is 250 g/mol. The van der Waals surface area contributed by atoms with Crippen molar-refractivity contribution in [1.29, 1.82) is 5.26 Å². The minimum absolute atomic E-state index is 0.129. The number of nitriles is 1. The van der Waals surface area contributed by atoms with Crippen molar-refractivity contribution < 1.29 is 5.11 Å². The summed E-state index contributed by atoms with van der Waals surface area (Å²) < 4.78 is 0. The molecule has 0 aromatic heterocycles. The molecule has 1 aromatic carbocycles. The predicted octanol–water partition coefficient (Wildman–Crippen LogP) is 2.85. The van der Waals surface area contributed by atoms with Crippen LogP contribution in [0.2, 0.25) is 0 Å². The van der Waals surface area contributed by atoms with Crippen LogP contribution >= 0.6 is 11.8 Å². The number of thioether (sulfide) groups is 1. The number of nitrogens with one attached hydrogen (secondary N) is 1. The van der Waals surface area contributed by atoms with Crippen LogP contribution in [0.15, 0.2) is 23.1 Å². The largest absolute Gasteiger partial charge is 0.396 e. The molecule has 1 rings (SSSR count). The van der Waals surface area contributed by atoms with Gasteiger partial charge in [-0.25, -0.2) is 0 Å². The third-order valence-electron chi connectivity index (χ3n) is 2.57. The summed E-state index contributed by atoms with van der Waals surface area (Å²) in [6, 6.07) is 8.01. The summed E-state index contributed by atoms with van der Waals surface area (Å²) in [6.45, 7) is 4.15. The van der Waals surface area contributed by atoms with Crippen molar-refractivity contribution in [2.24, 2.45) is 0 Å². The summed E-state index contributed by atoms with van der Waals surface area (Å²) >= 11 is 1.56. The minimum atomic E-state index is -0.225. The van der Waals surface area contributed by atoms with Crippen molar-refractivity contribution in [3.63, 3.8) is 0 Å². The number of hydrogen-bond donors (Lipinski definition) is 2. The predicted molar refractivity (Wildman–Crippen MR) is 72.3 cm³/mol. The summed E-state index contributed by atoms with van der Waals surface area (Å²) in [6.07, 6.45) is 2.60. The van der Waals surface area contributed by atoms with Crippen molar-refractivity contribution in [2.75, 3.05) is 18.2 Å². The molecular formula is C13H18N2OS. The summed E-state index contributed by atoms with van der Waals surface area (Å²) in [5, 5.41) is 21.5. The molecule has 0 saturated carbocycles. The summed E-state index contributed by atoms with van der Waals surface area (Å²) in [5.74, 6) is 0. The number of aliphatic hydroxyl groups is 1. The second-order valence-corrected chi connectivity index (χ2v) is 5.33. The molecule has 92 valence electrons. The van der Waals surface area contributed by atoms with Crippen LogP contribution in [0.3, 0.4) is 0 Å². The first-order chi connectivity index (χ1) is 8.04. The number of aliphatic hydroxyl groups excluding tert-OH is 1. The first-order valence-corrected chi connectivity index (χ1v) is 6.72. The van der Waals surface area contributed by atoms with E-state index in [4.69, 9.17) is 5.11 Å². The Kier molecular flexibility index (Phi) is 4.86. The topological polar surface area (TPSA) is 56.0 Å². The highest BCUT2D eigenvalue weighted by atomic mass is 32.2. The Labute approximate surface area is 107 Å². The van der Waals surface area contributed by atoms with E-state index in [1.807, 2.05) is 38.3 Å². The maximum absolute atomic E-state index is 9.20. The maximum Gasteiger partial charge on any atom is 0.102 e. The summed E-state index contributed by atoms with van der Waals surface area (Å²) in [5.41, 5.74) is 1.28. The number of benzene rings is 1. The van der Waals surface area contributed by atoms with Gasteiger partial charge >= 0.3 is 0 Å². The molecule has 0 aliphatic rings. The van der Waals surface area contributed by atoms with Gasteiger partial charge < -0.3 is 10.4 Å². The molecular weight excluding hydrogens is 232 g/mol. The maximum atomic E-state index is 9.20. The zero-order chi connectivity index (χ0) is 12.9. The van der Waals surface area contributed by atoms with E-state index in [9.17, 15) is 5.26 Å². The summed E-state index contributed by atoms with van der Waals surface area (Å²) in [7, 11) is 0. The molecule has 0 spiro atoms. The van der Waals surface area contributed by atoms with Gasteiger partial charge in [0.25, 0.3) is 0 Å². The van der Waals surface area contributed by atoms with Crippen molar-refractivity contribution in [1.82, 2.24) is 0 Å². The molecule has 3 nitrogen and oxygen atoms in total. The van der Waals surface area contributed by atoms with E-state index in [-0.39, 0.29) is 12.1 Å². The van der Waals surface area contributed by atoms with Crippen LogP contribution < -0.4 is 5.32 Å². The zero-order valence-electron chi connectivity index (χ0n) is 10.4. The Morgan fingerprint density at radius 2 is 2.18 bits per heavy atom. The van der Waals surface area contributed by atoms with Crippen LogP contribution in [0.5, 0.6) is 0 Å². The van der Waals surface area contributed by atoms with Crippen molar-refractivity contribution >= 4 is 17.4 Å². The first kappa shape index (κ1) is 13.9. The molecule has 0 bridgehead atoms. The van der Waals surface area contributed by atoms with E-state index in [0.29, 0.717) is 12.0 Å². The van der Waals surface area contributed by atoms with Gasteiger partial charge in [0.2, 0.25) is 0 Å². The molecule has 0 unspecified atom stereocenters. The minimum Gasteiger partial charge on any atom is -0.396 e. The highest BCUT2D eigenvalue weighted by molar-refractivity contribution is 7.98. The van der Waals surface area contributed by atoms with Crippen LogP contribution in [-0.2, 0) is 0 Å². The number of anilines is 1. The average molecular weight is 250 g/mol. The Balaban J connectivity index is 3.03. The fourth-order valence-electron chi connectivity index (χ4n) is 1.63. The Morgan fingerprint density at radius 1 is 1.47 bits per heavy atom. The molecule has 2 N–H and O–H groups in total. The molecule has 0 radical (unpaired) electrons. The van der Waals surface area contributed by atoms with Gasteiger partial charge in [-0.2, -0.15) is 5.26 Å². The Bertz CT molecular complexity index is 424. The molecule has 0 saturated heterocycles. The number of hydrogen-bond acceptors (Lipinski definition) is 4. The molecule has 0 atom stereocenters. The van der Waals surface area contributed by atoms with Gasteiger partial charge in [-0.05, 0) is 38.7 Å². The van der Waals surface area contributed by atoms with Gasteiger partial charge in [0.05, 0.1) is 11.3 Å². The second-order valence-electron chi connectivity index (χ2n) is 4.48. The number of rotatable bonds is 5. The smallest absolute Gasteiger partial charge is 0.102 e. The zero-order valence-corrected chi connectivity index (χ0v) is 11.3. The lowest BCUT2D eigenvalue weighted by Crippen LogP contribution is -2.32. The normalized spacial score (nSPS) is 11.0. The van der Waals surface area contributed by atoms with E-state index in [1.54, 1.807) is 11.8 Å². The van der Waals surface area contributed by atoms with Crippen molar-refractivity contribution in [3.05, 3.63) is 23.8 Å². The second kappa shape index (κ2) is 5.95. The molecule has 0 heterocycles. The van der Waals surface area contributed by atoms with Crippen LogP contribution in [0.1, 0.15) is 25.8 Å². The van der Waals surface area contributed by atoms with E-state index < -0.39 is 0 Å². The van der Waals surface area contributed by atoms with Crippen LogP contribution in [0, 0.1) is 11.3 Å². The number of nitrogens with zero attached hydrogens (tertiary/aromatic N) is 1. The van der Waals surface area contributed by atoms with Gasteiger partial charge in [0.15, 0.2) is 0 Å². The highest BCUT2D eigenvalue weighted by Gasteiger charge is 2.18. The molecule has 4 heteroatoms. The van der Waals surface area contributed by atoms with E-state index in [2.05, 4.69) is 11.4 Å². The summed E-state index contributed by atoms with van der Waals surface area (Å²) in [4.78, 5) is 0.970.